The highest BCUT2D eigenvalue weighted by molar-refractivity contribution is 5.57. The predicted octanol–water partition coefficient (Wildman–Crippen LogP) is 1.58. The number of benzene rings is 1. The number of nitrogens with one attached hydrogen (secondary N) is 1. The molecule has 0 saturated carbocycles. The fraction of sp³-hybridized carbons (Fsp3) is 0.571. The van der Waals surface area contributed by atoms with Crippen molar-refractivity contribution in [1.29, 1.82) is 0 Å². The maximum absolute atomic E-state index is 6.02. The first kappa shape index (κ1) is 11.8. The number of nitrogens with zero attached hydrogens (tertiary/aromatic N) is 1. The van der Waals surface area contributed by atoms with Gasteiger partial charge in [0.05, 0.1) is 24.9 Å². The summed E-state index contributed by atoms with van der Waals surface area (Å²) in [7, 11) is 0. The molecule has 2 unspecified atom stereocenters. The quantitative estimate of drug-likeness (QED) is 0.861. The molecule has 0 aromatic heterocycles. The van der Waals surface area contributed by atoms with Gasteiger partial charge in [-0.1, -0.05) is 12.1 Å². The molecule has 2 heterocycles. The monoisotopic (exact) mass is 248 g/mol. The Kier molecular flexibility index (Phi) is 3.39. The van der Waals surface area contributed by atoms with Gasteiger partial charge in [-0.25, -0.2) is 0 Å². The number of hydrogen-bond acceptors (Lipinski definition) is 4. The molecule has 4 heteroatoms. The van der Waals surface area contributed by atoms with E-state index in [4.69, 9.17) is 9.47 Å². The summed E-state index contributed by atoms with van der Waals surface area (Å²) in [4.78, 5) is 2.43. The summed E-state index contributed by atoms with van der Waals surface area (Å²) in [5.74, 6) is 0.968. The second-order valence-electron chi connectivity index (χ2n) is 5.06. The molecule has 1 aromatic carbocycles. The van der Waals surface area contributed by atoms with E-state index in [2.05, 4.69) is 23.2 Å². The van der Waals surface area contributed by atoms with Crippen LogP contribution in [0.4, 0.5) is 5.69 Å². The van der Waals surface area contributed by atoms with Gasteiger partial charge >= 0.3 is 0 Å². The number of anilines is 1. The Hall–Kier alpha value is -1.26. The van der Waals surface area contributed by atoms with Crippen molar-refractivity contribution < 1.29 is 9.47 Å². The van der Waals surface area contributed by atoms with E-state index in [1.807, 2.05) is 18.2 Å². The first-order valence-corrected chi connectivity index (χ1v) is 6.65. The molecule has 0 spiro atoms. The van der Waals surface area contributed by atoms with Crippen LogP contribution in [0.2, 0.25) is 0 Å². The summed E-state index contributed by atoms with van der Waals surface area (Å²) in [5, 5.41) is 3.43. The van der Waals surface area contributed by atoms with Crippen LogP contribution in [0.3, 0.4) is 0 Å². The molecule has 0 aliphatic carbocycles. The zero-order valence-corrected chi connectivity index (χ0v) is 10.8. The van der Waals surface area contributed by atoms with Crippen molar-refractivity contribution in [3.63, 3.8) is 0 Å². The molecule has 3 rings (SSSR count). The fourth-order valence-electron chi connectivity index (χ4n) is 2.61. The summed E-state index contributed by atoms with van der Waals surface area (Å²) < 4.78 is 11.6. The van der Waals surface area contributed by atoms with Crippen LogP contribution >= 0.6 is 0 Å². The molecular formula is C14H20N2O2. The molecule has 0 radical (unpaired) electrons. The summed E-state index contributed by atoms with van der Waals surface area (Å²) in [6.45, 7) is 6.81. The minimum absolute atomic E-state index is 0.227. The Labute approximate surface area is 108 Å². The van der Waals surface area contributed by atoms with Crippen LogP contribution in [0, 0.1) is 0 Å². The molecule has 0 bridgehead atoms. The van der Waals surface area contributed by atoms with Gasteiger partial charge in [0.1, 0.15) is 11.9 Å². The smallest absolute Gasteiger partial charge is 0.142 e. The van der Waals surface area contributed by atoms with Crippen molar-refractivity contribution in [1.82, 2.24) is 4.90 Å². The minimum Gasteiger partial charge on any atom is -0.485 e. The Morgan fingerprint density at radius 1 is 1.39 bits per heavy atom. The van der Waals surface area contributed by atoms with Gasteiger partial charge in [0.25, 0.3) is 0 Å². The van der Waals surface area contributed by atoms with E-state index < -0.39 is 0 Å². The molecule has 1 fully saturated rings. The van der Waals surface area contributed by atoms with Crippen molar-refractivity contribution in [2.24, 2.45) is 0 Å². The first-order valence-electron chi connectivity index (χ1n) is 6.65. The Morgan fingerprint density at radius 2 is 2.28 bits per heavy atom. The van der Waals surface area contributed by atoms with Gasteiger partial charge in [-0.2, -0.15) is 0 Å². The van der Waals surface area contributed by atoms with Gasteiger partial charge in [0, 0.05) is 19.6 Å². The number of para-hydroxylation sites is 2. The van der Waals surface area contributed by atoms with Crippen LogP contribution in [0.1, 0.15) is 6.92 Å². The van der Waals surface area contributed by atoms with Crippen LogP contribution in [0.25, 0.3) is 0 Å². The van der Waals surface area contributed by atoms with Gasteiger partial charge in [-0.3, -0.25) is 4.90 Å². The lowest BCUT2D eigenvalue weighted by Crippen LogP contribution is -2.48. The third kappa shape index (κ3) is 2.60. The first-order chi connectivity index (χ1) is 8.81. The lowest BCUT2D eigenvalue weighted by Gasteiger charge is -2.35. The molecule has 2 atom stereocenters. The number of rotatable bonds is 2. The van der Waals surface area contributed by atoms with Crippen LogP contribution in [0.15, 0.2) is 24.3 Å². The third-order valence-corrected chi connectivity index (χ3v) is 3.49. The summed E-state index contributed by atoms with van der Waals surface area (Å²) in [6, 6.07) is 8.12. The Bertz CT molecular complexity index is 411. The lowest BCUT2D eigenvalue weighted by molar-refractivity contribution is -0.0284. The molecular weight excluding hydrogens is 228 g/mol. The summed E-state index contributed by atoms with van der Waals surface area (Å²) in [6.07, 6.45) is 0.563. The highest BCUT2D eigenvalue weighted by Gasteiger charge is 2.24. The van der Waals surface area contributed by atoms with E-state index in [0.717, 1.165) is 44.2 Å². The van der Waals surface area contributed by atoms with Crippen LogP contribution in [0.5, 0.6) is 5.75 Å². The van der Waals surface area contributed by atoms with Gasteiger partial charge in [-0.15, -0.1) is 0 Å². The molecule has 0 amide bonds. The lowest BCUT2D eigenvalue weighted by atomic mass is 10.2. The average Bonchev–Trinajstić information content (AvgIpc) is 2.39. The number of fused-ring (bicyclic) bond motifs is 1. The SMILES string of the molecule is CC1CN(CC2CNc3ccccc3O2)CCO1. The zero-order valence-electron chi connectivity index (χ0n) is 10.8. The maximum Gasteiger partial charge on any atom is 0.142 e. The molecule has 2 aliphatic heterocycles. The number of hydrogen-bond donors (Lipinski definition) is 1. The van der Waals surface area contributed by atoms with E-state index >= 15 is 0 Å². The number of ether oxygens (including phenoxy) is 2. The van der Waals surface area contributed by atoms with E-state index in [0.29, 0.717) is 6.10 Å². The van der Waals surface area contributed by atoms with Gasteiger partial charge < -0.3 is 14.8 Å². The topological polar surface area (TPSA) is 33.7 Å². The summed E-state index contributed by atoms with van der Waals surface area (Å²) in [5.41, 5.74) is 1.10. The third-order valence-electron chi connectivity index (χ3n) is 3.49. The van der Waals surface area contributed by atoms with Crippen LogP contribution in [-0.4, -0.2) is 49.9 Å². The Morgan fingerprint density at radius 3 is 3.17 bits per heavy atom. The van der Waals surface area contributed by atoms with Crippen LogP contribution < -0.4 is 10.1 Å². The largest absolute Gasteiger partial charge is 0.485 e. The molecule has 18 heavy (non-hydrogen) atoms. The highest BCUT2D eigenvalue weighted by atomic mass is 16.5. The molecule has 98 valence electrons. The van der Waals surface area contributed by atoms with E-state index in [-0.39, 0.29) is 6.10 Å². The number of morpholine rings is 1. The van der Waals surface area contributed by atoms with Gasteiger partial charge in [0.2, 0.25) is 0 Å². The predicted molar refractivity (Wildman–Crippen MR) is 71.2 cm³/mol. The van der Waals surface area contributed by atoms with Gasteiger partial charge in [0.15, 0.2) is 0 Å². The minimum atomic E-state index is 0.227. The van der Waals surface area contributed by atoms with Crippen molar-refractivity contribution in [2.45, 2.75) is 19.1 Å². The standard InChI is InChI=1S/C14H20N2O2/c1-11-9-16(6-7-17-11)10-12-8-15-13-4-2-3-5-14(13)18-12/h2-5,11-12,15H,6-10H2,1H3. The van der Waals surface area contributed by atoms with Crippen molar-refractivity contribution >= 4 is 5.69 Å². The average molecular weight is 248 g/mol. The summed E-state index contributed by atoms with van der Waals surface area (Å²) >= 11 is 0. The second-order valence-corrected chi connectivity index (χ2v) is 5.06. The fourth-order valence-corrected chi connectivity index (χ4v) is 2.61. The van der Waals surface area contributed by atoms with E-state index in [9.17, 15) is 0 Å². The molecule has 4 nitrogen and oxygen atoms in total. The molecule has 1 saturated heterocycles. The maximum atomic E-state index is 6.02. The van der Waals surface area contributed by atoms with Crippen molar-refractivity contribution in [2.75, 3.05) is 38.1 Å². The van der Waals surface area contributed by atoms with Crippen molar-refractivity contribution in [3.8, 4) is 5.75 Å². The van der Waals surface area contributed by atoms with E-state index in [1.54, 1.807) is 0 Å². The highest BCUT2D eigenvalue weighted by Crippen LogP contribution is 2.28. The molecule has 2 aliphatic rings. The van der Waals surface area contributed by atoms with Gasteiger partial charge in [-0.05, 0) is 19.1 Å². The Balaban J connectivity index is 1.59. The normalized spacial score (nSPS) is 28.1. The molecule has 1 aromatic rings. The van der Waals surface area contributed by atoms with Crippen LogP contribution in [-0.2, 0) is 4.74 Å². The zero-order chi connectivity index (χ0) is 12.4. The van der Waals surface area contributed by atoms with E-state index in [1.165, 1.54) is 0 Å². The molecule has 1 N–H and O–H groups in total. The van der Waals surface area contributed by atoms with Crippen molar-refractivity contribution in [3.05, 3.63) is 24.3 Å². The second kappa shape index (κ2) is 5.16.